The predicted molar refractivity (Wildman–Crippen MR) is 139 cm³/mol. The van der Waals surface area contributed by atoms with E-state index in [1.54, 1.807) is 7.11 Å². The molecule has 1 aliphatic rings. The van der Waals surface area contributed by atoms with Crippen LogP contribution in [0.2, 0.25) is 0 Å². The number of halogens is 2. The molecule has 1 atom stereocenters. The van der Waals surface area contributed by atoms with E-state index in [0.717, 1.165) is 35.7 Å². The Balaban J connectivity index is 2.00. The number of benzene rings is 2. The summed E-state index contributed by atoms with van der Waals surface area (Å²) in [4.78, 5) is 20.5. The largest absolute Gasteiger partial charge is 0.495 e. The Morgan fingerprint density at radius 2 is 1.83 bits per heavy atom. The van der Waals surface area contributed by atoms with Crippen molar-refractivity contribution < 1.29 is 9.53 Å². The number of amidine groups is 1. The first-order valence-corrected chi connectivity index (χ1v) is 12.2. The number of aryl methyl sites for hydroxylation is 1. The van der Waals surface area contributed by atoms with Crippen LogP contribution in [0.4, 0.5) is 5.69 Å². The third-order valence-corrected chi connectivity index (χ3v) is 7.24. The summed E-state index contributed by atoms with van der Waals surface area (Å²) in [5, 5.41) is 0.734. The highest BCUT2D eigenvalue weighted by Gasteiger charge is 2.36. The number of hydrogen-bond donors (Lipinski definition) is 0. The number of carbonyl (C=O) groups excluding carboxylic acids is 1. The average molecular weight is 632 g/mol. The minimum Gasteiger partial charge on any atom is -0.495 e. The molecule has 0 N–H and O–H groups in total. The lowest BCUT2D eigenvalue weighted by molar-refractivity contribution is -0.123. The van der Waals surface area contributed by atoms with E-state index in [9.17, 15) is 4.79 Å². The normalized spacial score (nSPS) is 18.0. The summed E-state index contributed by atoms with van der Waals surface area (Å²) in [5.74, 6) is 0.873. The highest BCUT2D eigenvalue weighted by molar-refractivity contribution is 14.1. The van der Waals surface area contributed by atoms with Crippen LogP contribution >= 0.6 is 56.9 Å². The van der Waals surface area contributed by atoms with Crippen molar-refractivity contribution in [2.45, 2.75) is 33.2 Å². The highest BCUT2D eigenvalue weighted by Crippen LogP contribution is 2.37. The fraction of sp³-hybridized carbons (Fsp3) is 0.273. The molecular weight excluding hydrogens is 610 g/mol. The molecular formula is C22H22I2N2O2S. The summed E-state index contributed by atoms with van der Waals surface area (Å²) in [5.41, 5.74) is 3.03. The Kier molecular flexibility index (Phi) is 7.66. The van der Waals surface area contributed by atoms with Gasteiger partial charge in [0.25, 0.3) is 5.91 Å². The van der Waals surface area contributed by atoms with Crippen molar-refractivity contribution >= 4 is 79.8 Å². The van der Waals surface area contributed by atoms with Crippen LogP contribution in [0.5, 0.6) is 5.75 Å². The predicted octanol–water partition coefficient (Wildman–Crippen LogP) is 6.62. The van der Waals surface area contributed by atoms with Gasteiger partial charge in [-0.15, -0.1) is 0 Å². The second-order valence-electron chi connectivity index (χ2n) is 6.79. The average Bonchev–Trinajstić information content (AvgIpc) is 2.98. The van der Waals surface area contributed by atoms with Gasteiger partial charge in [-0.1, -0.05) is 24.6 Å². The minimum absolute atomic E-state index is 0.0102. The van der Waals surface area contributed by atoms with Crippen molar-refractivity contribution in [1.29, 1.82) is 0 Å². The molecule has 0 unspecified atom stereocenters. The van der Waals surface area contributed by atoms with Crippen molar-refractivity contribution in [2.75, 3.05) is 7.11 Å². The van der Waals surface area contributed by atoms with Crippen molar-refractivity contribution in [3.63, 3.8) is 0 Å². The lowest BCUT2D eigenvalue weighted by atomic mass is 10.2. The number of rotatable bonds is 5. The Morgan fingerprint density at radius 3 is 2.38 bits per heavy atom. The summed E-state index contributed by atoms with van der Waals surface area (Å²) in [7, 11) is 1.67. The van der Waals surface area contributed by atoms with E-state index in [1.165, 1.54) is 17.3 Å². The lowest BCUT2D eigenvalue weighted by Gasteiger charge is -2.22. The van der Waals surface area contributed by atoms with Gasteiger partial charge in [-0.2, -0.15) is 0 Å². The zero-order valence-electron chi connectivity index (χ0n) is 16.7. The van der Waals surface area contributed by atoms with Crippen molar-refractivity contribution in [3.05, 3.63) is 59.6 Å². The summed E-state index contributed by atoms with van der Waals surface area (Å²) < 4.78 is 7.48. The maximum atomic E-state index is 13.2. The molecule has 2 aromatic carbocycles. The van der Waals surface area contributed by atoms with E-state index in [2.05, 4.69) is 66.0 Å². The number of ether oxygens (including phenoxy) is 1. The molecule has 0 aliphatic carbocycles. The molecule has 2 aromatic rings. The van der Waals surface area contributed by atoms with Crippen molar-refractivity contribution in [2.24, 2.45) is 4.99 Å². The number of aliphatic imine (C=N–C) groups is 1. The molecule has 0 radical (unpaired) electrons. The lowest BCUT2D eigenvalue weighted by Crippen LogP contribution is -2.36. The third-order valence-electron chi connectivity index (χ3n) is 4.65. The molecule has 0 bridgehead atoms. The maximum absolute atomic E-state index is 13.2. The van der Waals surface area contributed by atoms with E-state index < -0.39 is 0 Å². The van der Waals surface area contributed by atoms with Gasteiger partial charge in [-0.05, 0) is 113 Å². The maximum Gasteiger partial charge on any atom is 0.266 e. The molecule has 152 valence electrons. The fourth-order valence-electron chi connectivity index (χ4n) is 2.87. The topological polar surface area (TPSA) is 41.9 Å². The van der Waals surface area contributed by atoms with Crippen LogP contribution < -0.4 is 4.74 Å². The first-order chi connectivity index (χ1) is 13.8. The van der Waals surface area contributed by atoms with Gasteiger partial charge >= 0.3 is 0 Å². The third kappa shape index (κ3) is 5.16. The van der Waals surface area contributed by atoms with Crippen LogP contribution in [-0.2, 0) is 4.79 Å². The zero-order valence-corrected chi connectivity index (χ0v) is 21.8. The molecule has 0 spiro atoms. The summed E-state index contributed by atoms with van der Waals surface area (Å²) in [6.07, 6.45) is 2.81. The SMILES string of the molecule is CC[C@@H](C)N1C(=O)/C(=C\c2cc(I)c(OC)c(I)c2)SC1=Nc1ccc(C)cc1. The number of amides is 1. The quantitative estimate of drug-likeness (QED) is 0.275. The number of hydrogen-bond acceptors (Lipinski definition) is 4. The first-order valence-electron chi connectivity index (χ1n) is 9.25. The molecule has 3 rings (SSSR count). The minimum atomic E-state index is 0.0102. The molecule has 0 saturated carbocycles. The van der Waals surface area contributed by atoms with Gasteiger partial charge in [0.2, 0.25) is 0 Å². The molecule has 1 heterocycles. The summed E-state index contributed by atoms with van der Waals surface area (Å²) in [6.45, 7) is 6.20. The molecule has 7 heteroatoms. The Bertz CT molecular complexity index is 964. The Labute approximate surface area is 203 Å². The highest BCUT2D eigenvalue weighted by atomic mass is 127. The van der Waals surface area contributed by atoms with Gasteiger partial charge in [0.15, 0.2) is 5.17 Å². The number of methoxy groups -OCH3 is 1. The standard InChI is InChI=1S/C22H22I2N2O2S/c1-5-14(3)26-21(27)19(12-15-10-17(23)20(28-4)18(24)11-15)29-22(26)25-16-8-6-13(2)7-9-16/h6-12,14H,5H2,1-4H3/b19-12+,25-22?/t14-/m1/s1. The van der Waals surface area contributed by atoms with Crippen LogP contribution in [0.3, 0.4) is 0 Å². The number of carbonyl (C=O) groups is 1. The molecule has 1 fully saturated rings. The second-order valence-corrected chi connectivity index (χ2v) is 10.1. The van der Waals surface area contributed by atoms with Gasteiger partial charge in [0, 0.05) is 6.04 Å². The van der Waals surface area contributed by atoms with Crippen LogP contribution in [0.25, 0.3) is 6.08 Å². The van der Waals surface area contributed by atoms with Crippen LogP contribution in [0, 0.1) is 14.1 Å². The van der Waals surface area contributed by atoms with Gasteiger partial charge in [0.1, 0.15) is 5.75 Å². The van der Waals surface area contributed by atoms with Gasteiger partial charge in [-0.25, -0.2) is 4.99 Å². The van der Waals surface area contributed by atoms with Gasteiger partial charge in [0.05, 0.1) is 24.8 Å². The number of nitrogens with zero attached hydrogens (tertiary/aromatic N) is 2. The van der Waals surface area contributed by atoms with Crippen molar-refractivity contribution in [3.8, 4) is 5.75 Å². The van der Waals surface area contributed by atoms with E-state index in [4.69, 9.17) is 9.73 Å². The zero-order chi connectivity index (χ0) is 21.1. The van der Waals surface area contributed by atoms with Gasteiger partial charge in [-0.3, -0.25) is 9.69 Å². The van der Waals surface area contributed by atoms with E-state index in [0.29, 0.717) is 4.91 Å². The molecule has 1 amide bonds. The monoisotopic (exact) mass is 632 g/mol. The first kappa shape index (κ1) is 22.6. The van der Waals surface area contributed by atoms with Crippen LogP contribution in [0.1, 0.15) is 31.4 Å². The van der Waals surface area contributed by atoms with Crippen LogP contribution in [-0.4, -0.2) is 29.1 Å². The Hall–Kier alpha value is -1.07. The van der Waals surface area contributed by atoms with E-state index >= 15 is 0 Å². The summed E-state index contributed by atoms with van der Waals surface area (Å²) in [6, 6.07) is 12.2. The summed E-state index contributed by atoms with van der Waals surface area (Å²) >= 11 is 5.96. The molecule has 4 nitrogen and oxygen atoms in total. The molecule has 0 aromatic heterocycles. The fourth-order valence-corrected chi connectivity index (χ4v) is 6.22. The molecule has 29 heavy (non-hydrogen) atoms. The second kappa shape index (κ2) is 9.82. The Morgan fingerprint density at radius 1 is 1.21 bits per heavy atom. The molecule has 1 aliphatic heterocycles. The smallest absolute Gasteiger partial charge is 0.266 e. The van der Waals surface area contributed by atoms with Crippen LogP contribution in [0.15, 0.2) is 46.3 Å². The van der Waals surface area contributed by atoms with Crippen molar-refractivity contribution in [1.82, 2.24) is 4.90 Å². The van der Waals surface area contributed by atoms with E-state index in [-0.39, 0.29) is 11.9 Å². The number of thioether (sulfide) groups is 1. The van der Waals surface area contributed by atoms with Gasteiger partial charge < -0.3 is 4.74 Å². The molecule has 1 saturated heterocycles. The van der Waals surface area contributed by atoms with E-state index in [1.807, 2.05) is 47.4 Å².